The van der Waals surface area contributed by atoms with E-state index in [4.69, 9.17) is 5.11 Å². The monoisotopic (exact) mass is 291 g/mol. The summed E-state index contributed by atoms with van der Waals surface area (Å²) in [6.07, 6.45) is 1.79. The number of rotatable bonds is 3. The summed E-state index contributed by atoms with van der Waals surface area (Å²) in [6, 6.07) is 11.2. The van der Waals surface area contributed by atoms with Gasteiger partial charge in [-0.05, 0) is 33.6 Å². The number of benzene rings is 1. The number of carbonyl (C=O) groups is 1. The number of halogens is 1. The zero-order valence-corrected chi connectivity index (χ0v) is 10.5. The Morgan fingerprint density at radius 3 is 2.41 bits per heavy atom. The van der Waals surface area contributed by atoms with Crippen LogP contribution in [0.1, 0.15) is 5.56 Å². The molecule has 3 nitrogen and oxygen atoms in total. The first kappa shape index (κ1) is 11.8. The number of aliphatic carboxylic acids is 1. The van der Waals surface area contributed by atoms with Crippen LogP contribution < -0.4 is 0 Å². The lowest BCUT2D eigenvalue weighted by Crippen LogP contribution is -1.99. The molecule has 0 unspecified atom stereocenters. The van der Waals surface area contributed by atoms with Crippen LogP contribution in [0.4, 0.5) is 0 Å². The average Bonchev–Trinajstić information content (AvgIpc) is 2.30. The standard InChI is InChI=1S/C13H10BrNO2/c14-11-5-6-12(15-8-11)10-3-1-9(2-4-10)7-13(16)17/h1-6,8H,7H2,(H,16,17). The highest BCUT2D eigenvalue weighted by molar-refractivity contribution is 9.10. The van der Waals surface area contributed by atoms with E-state index in [0.29, 0.717) is 0 Å². The minimum Gasteiger partial charge on any atom is -0.481 e. The average molecular weight is 292 g/mol. The Kier molecular flexibility index (Phi) is 3.54. The third-order valence-corrected chi connectivity index (χ3v) is 2.80. The van der Waals surface area contributed by atoms with Gasteiger partial charge in [-0.15, -0.1) is 0 Å². The third-order valence-electron chi connectivity index (χ3n) is 2.33. The summed E-state index contributed by atoms with van der Waals surface area (Å²) < 4.78 is 0.934. The lowest BCUT2D eigenvalue weighted by molar-refractivity contribution is -0.136. The molecule has 0 radical (unpaired) electrons. The van der Waals surface area contributed by atoms with Crippen molar-refractivity contribution in [1.29, 1.82) is 0 Å². The molecule has 2 rings (SSSR count). The molecule has 0 aliphatic carbocycles. The Bertz CT molecular complexity index is 520. The Morgan fingerprint density at radius 1 is 1.18 bits per heavy atom. The van der Waals surface area contributed by atoms with Gasteiger partial charge in [0.1, 0.15) is 0 Å². The fraction of sp³-hybridized carbons (Fsp3) is 0.0769. The van der Waals surface area contributed by atoms with Crippen LogP contribution in [0.15, 0.2) is 47.1 Å². The largest absolute Gasteiger partial charge is 0.481 e. The molecule has 0 aliphatic rings. The molecule has 17 heavy (non-hydrogen) atoms. The molecule has 86 valence electrons. The number of nitrogens with zero attached hydrogens (tertiary/aromatic N) is 1. The third kappa shape index (κ3) is 3.14. The van der Waals surface area contributed by atoms with Gasteiger partial charge in [0.25, 0.3) is 0 Å². The van der Waals surface area contributed by atoms with Gasteiger partial charge >= 0.3 is 5.97 Å². The minimum absolute atomic E-state index is 0.0496. The number of hydrogen-bond donors (Lipinski definition) is 1. The molecule has 1 aromatic heterocycles. The van der Waals surface area contributed by atoms with Crippen LogP contribution in [0.3, 0.4) is 0 Å². The van der Waals surface area contributed by atoms with Crippen molar-refractivity contribution in [2.45, 2.75) is 6.42 Å². The van der Waals surface area contributed by atoms with E-state index in [1.807, 2.05) is 36.4 Å². The first-order valence-corrected chi connectivity index (χ1v) is 5.87. The minimum atomic E-state index is -0.820. The van der Waals surface area contributed by atoms with Gasteiger partial charge in [-0.3, -0.25) is 9.78 Å². The zero-order valence-electron chi connectivity index (χ0n) is 8.93. The molecule has 1 N–H and O–H groups in total. The number of carboxylic acids is 1. The molecule has 0 spiro atoms. The van der Waals surface area contributed by atoms with Gasteiger partial charge in [-0.2, -0.15) is 0 Å². The van der Waals surface area contributed by atoms with Crippen LogP contribution in [-0.2, 0) is 11.2 Å². The van der Waals surface area contributed by atoms with Crippen molar-refractivity contribution in [1.82, 2.24) is 4.98 Å². The van der Waals surface area contributed by atoms with Gasteiger partial charge in [-0.25, -0.2) is 0 Å². The predicted octanol–water partition coefficient (Wildman–Crippen LogP) is 3.14. The van der Waals surface area contributed by atoms with Gasteiger partial charge in [-0.1, -0.05) is 24.3 Å². The number of hydrogen-bond acceptors (Lipinski definition) is 2. The number of pyridine rings is 1. The van der Waals surface area contributed by atoms with Crippen molar-refractivity contribution in [2.24, 2.45) is 0 Å². The lowest BCUT2D eigenvalue weighted by atomic mass is 10.1. The van der Waals surface area contributed by atoms with Crippen LogP contribution in [0.25, 0.3) is 11.3 Å². The van der Waals surface area contributed by atoms with E-state index in [1.165, 1.54) is 0 Å². The first-order chi connectivity index (χ1) is 8.15. The van der Waals surface area contributed by atoms with Crippen LogP contribution >= 0.6 is 15.9 Å². The van der Waals surface area contributed by atoms with Gasteiger partial charge in [0, 0.05) is 16.2 Å². The molecule has 0 fully saturated rings. The van der Waals surface area contributed by atoms with Gasteiger partial charge in [0.05, 0.1) is 12.1 Å². The molecular weight excluding hydrogens is 282 g/mol. The fourth-order valence-corrected chi connectivity index (χ4v) is 1.75. The smallest absolute Gasteiger partial charge is 0.307 e. The SMILES string of the molecule is O=C(O)Cc1ccc(-c2ccc(Br)cn2)cc1. The number of aromatic nitrogens is 1. The first-order valence-electron chi connectivity index (χ1n) is 5.08. The van der Waals surface area contributed by atoms with Gasteiger partial charge in [0.15, 0.2) is 0 Å². The summed E-state index contributed by atoms with van der Waals surface area (Å²) in [6.45, 7) is 0. The van der Waals surface area contributed by atoms with E-state index < -0.39 is 5.97 Å². The van der Waals surface area contributed by atoms with Gasteiger partial charge < -0.3 is 5.11 Å². The molecule has 0 atom stereocenters. The summed E-state index contributed by atoms with van der Waals surface area (Å²) in [5.41, 5.74) is 2.64. The molecule has 1 aromatic carbocycles. The Labute approximate surface area is 107 Å². The predicted molar refractivity (Wildman–Crippen MR) is 68.7 cm³/mol. The summed E-state index contributed by atoms with van der Waals surface area (Å²) in [7, 11) is 0. The van der Waals surface area contributed by atoms with Crippen molar-refractivity contribution < 1.29 is 9.90 Å². The van der Waals surface area contributed by atoms with Crippen molar-refractivity contribution in [3.8, 4) is 11.3 Å². The normalized spacial score (nSPS) is 10.2. The highest BCUT2D eigenvalue weighted by Gasteiger charge is 2.02. The van der Waals surface area contributed by atoms with Crippen molar-refractivity contribution in [2.75, 3.05) is 0 Å². The molecule has 2 aromatic rings. The van der Waals surface area contributed by atoms with E-state index in [0.717, 1.165) is 21.3 Å². The second-order valence-corrected chi connectivity index (χ2v) is 4.54. The van der Waals surface area contributed by atoms with E-state index in [2.05, 4.69) is 20.9 Å². The summed E-state index contributed by atoms with van der Waals surface area (Å²) in [4.78, 5) is 14.8. The van der Waals surface area contributed by atoms with E-state index >= 15 is 0 Å². The summed E-state index contributed by atoms with van der Waals surface area (Å²) >= 11 is 3.33. The zero-order chi connectivity index (χ0) is 12.3. The quantitative estimate of drug-likeness (QED) is 0.945. The lowest BCUT2D eigenvalue weighted by Gasteiger charge is -2.02. The molecule has 0 saturated heterocycles. The van der Waals surface area contributed by atoms with Crippen molar-refractivity contribution in [3.05, 3.63) is 52.6 Å². The molecule has 4 heteroatoms. The summed E-state index contributed by atoms with van der Waals surface area (Å²) in [5, 5.41) is 8.67. The molecule has 0 amide bonds. The Morgan fingerprint density at radius 2 is 1.88 bits per heavy atom. The maximum atomic E-state index is 10.5. The topological polar surface area (TPSA) is 50.2 Å². The highest BCUT2D eigenvalue weighted by Crippen LogP contribution is 2.19. The van der Waals surface area contributed by atoms with Gasteiger partial charge in [0.2, 0.25) is 0 Å². The van der Waals surface area contributed by atoms with E-state index in [1.54, 1.807) is 6.20 Å². The Balaban J connectivity index is 2.23. The maximum Gasteiger partial charge on any atom is 0.307 e. The van der Waals surface area contributed by atoms with Crippen LogP contribution in [0.2, 0.25) is 0 Å². The molecule has 1 heterocycles. The Hall–Kier alpha value is -1.68. The number of carboxylic acid groups (broad SMARTS) is 1. The van der Waals surface area contributed by atoms with Crippen LogP contribution in [-0.4, -0.2) is 16.1 Å². The molecule has 0 saturated carbocycles. The van der Waals surface area contributed by atoms with E-state index in [-0.39, 0.29) is 6.42 Å². The fourth-order valence-electron chi connectivity index (χ4n) is 1.51. The van der Waals surface area contributed by atoms with Crippen molar-refractivity contribution in [3.63, 3.8) is 0 Å². The maximum absolute atomic E-state index is 10.5. The highest BCUT2D eigenvalue weighted by atomic mass is 79.9. The molecule has 0 bridgehead atoms. The summed E-state index contributed by atoms with van der Waals surface area (Å²) in [5.74, 6) is -0.820. The van der Waals surface area contributed by atoms with E-state index in [9.17, 15) is 4.79 Å². The second kappa shape index (κ2) is 5.10. The second-order valence-electron chi connectivity index (χ2n) is 3.63. The molecular formula is C13H10BrNO2. The van der Waals surface area contributed by atoms with Crippen LogP contribution in [0.5, 0.6) is 0 Å². The van der Waals surface area contributed by atoms with Crippen molar-refractivity contribution >= 4 is 21.9 Å². The van der Waals surface area contributed by atoms with Crippen LogP contribution in [0, 0.1) is 0 Å². The molecule has 0 aliphatic heterocycles.